The number of hydrogen-bond acceptors (Lipinski definition) is 4. The summed E-state index contributed by atoms with van der Waals surface area (Å²) in [4.78, 5) is 17.4. The molecule has 0 aromatic carbocycles. The van der Waals surface area contributed by atoms with Gasteiger partial charge in [-0.3, -0.25) is 4.79 Å². The van der Waals surface area contributed by atoms with Crippen LogP contribution in [0.3, 0.4) is 0 Å². The van der Waals surface area contributed by atoms with Crippen molar-refractivity contribution in [3.63, 3.8) is 0 Å². The van der Waals surface area contributed by atoms with Crippen LogP contribution in [0.1, 0.15) is 18.1 Å². The van der Waals surface area contributed by atoms with E-state index in [1.165, 1.54) is 0 Å². The van der Waals surface area contributed by atoms with Gasteiger partial charge < -0.3 is 9.42 Å². The van der Waals surface area contributed by atoms with Gasteiger partial charge in [0.1, 0.15) is 0 Å². The number of hydrogen-bond donors (Lipinski definition) is 0. The van der Waals surface area contributed by atoms with Crippen molar-refractivity contribution in [2.75, 3.05) is 13.1 Å². The summed E-state index contributed by atoms with van der Waals surface area (Å²) < 4.78 is 4.85. The van der Waals surface area contributed by atoms with Crippen LogP contribution in [0, 0.1) is 6.92 Å². The molecule has 5 nitrogen and oxygen atoms in total. The highest BCUT2D eigenvalue weighted by molar-refractivity contribution is 9.10. The van der Waals surface area contributed by atoms with E-state index in [1.807, 2.05) is 4.90 Å². The van der Waals surface area contributed by atoms with Gasteiger partial charge in [-0.25, -0.2) is 0 Å². The fraction of sp³-hybridized carbons (Fsp3) is 0.667. The summed E-state index contributed by atoms with van der Waals surface area (Å²) in [6.45, 7) is 3.23. The molecule has 0 aliphatic carbocycles. The minimum atomic E-state index is -0.00972. The van der Waals surface area contributed by atoms with Crippen molar-refractivity contribution in [1.82, 2.24) is 15.0 Å². The van der Waals surface area contributed by atoms with Gasteiger partial charge in [0.05, 0.1) is 4.83 Å². The van der Waals surface area contributed by atoms with Gasteiger partial charge >= 0.3 is 0 Å². The second-order valence-electron chi connectivity index (χ2n) is 3.56. The van der Waals surface area contributed by atoms with E-state index in [2.05, 4.69) is 26.1 Å². The summed E-state index contributed by atoms with van der Waals surface area (Å²) in [5.41, 5.74) is 0. The van der Waals surface area contributed by atoms with Gasteiger partial charge in [0.15, 0.2) is 5.82 Å². The summed E-state index contributed by atoms with van der Waals surface area (Å²) in [7, 11) is 0. The molecule has 0 bridgehead atoms. The van der Waals surface area contributed by atoms with E-state index < -0.39 is 0 Å². The largest absolute Gasteiger partial charge is 0.341 e. The number of likely N-dealkylation sites (tertiary alicyclic amines) is 1. The first-order valence-corrected chi connectivity index (χ1v) is 5.80. The van der Waals surface area contributed by atoms with Crippen LogP contribution < -0.4 is 0 Å². The standard InChI is InChI=1S/C9H12BrN3O2/c1-6-11-8(12-15-6)3-5-13-4-2-7(10)9(13)14/h7H,2-5H2,1H3. The number of alkyl halides is 1. The van der Waals surface area contributed by atoms with Gasteiger partial charge in [-0.2, -0.15) is 4.98 Å². The van der Waals surface area contributed by atoms with E-state index >= 15 is 0 Å². The second kappa shape index (κ2) is 4.30. The van der Waals surface area contributed by atoms with Gasteiger partial charge in [0, 0.05) is 26.4 Å². The fourth-order valence-electron chi connectivity index (χ4n) is 1.60. The Morgan fingerprint density at radius 2 is 2.47 bits per heavy atom. The van der Waals surface area contributed by atoms with Crippen molar-refractivity contribution in [1.29, 1.82) is 0 Å². The van der Waals surface area contributed by atoms with Crippen molar-refractivity contribution in [3.05, 3.63) is 11.7 Å². The Morgan fingerprint density at radius 1 is 1.67 bits per heavy atom. The zero-order chi connectivity index (χ0) is 10.8. The number of amides is 1. The van der Waals surface area contributed by atoms with Crippen LogP contribution in [-0.4, -0.2) is 38.9 Å². The molecule has 0 radical (unpaired) electrons. The third-order valence-corrected chi connectivity index (χ3v) is 3.26. The van der Waals surface area contributed by atoms with E-state index in [0.717, 1.165) is 13.0 Å². The molecule has 0 saturated carbocycles. The predicted molar refractivity (Wildman–Crippen MR) is 56.7 cm³/mol. The maximum atomic E-state index is 11.5. The van der Waals surface area contributed by atoms with E-state index in [0.29, 0.717) is 24.7 Å². The van der Waals surface area contributed by atoms with E-state index in [9.17, 15) is 4.79 Å². The molecule has 1 amide bonds. The Morgan fingerprint density at radius 3 is 3.00 bits per heavy atom. The number of aryl methyl sites for hydroxylation is 1. The van der Waals surface area contributed by atoms with Crippen LogP contribution >= 0.6 is 15.9 Å². The molecule has 1 atom stereocenters. The van der Waals surface area contributed by atoms with Crippen LogP contribution in [0.25, 0.3) is 0 Å². The van der Waals surface area contributed by atoms with Crippen molar-refractivity contribution >= 4 is 21.8 Å². The minimum absolute atomic E-state index is 0.00972. The third-order valence-electron chi connectivity index (χ3n) is 2.41. The monoisotopic (exact) mass is 273 g/mol. The van der Waals surface area contributed by atoms with Crippen LogP contribution in [0.4, 0.5) is 0 Å². The second-order valence-corrected chi connectivity index (χ2v) is 4.67. The minimum Gasteiger partial charge on any atom is -0.341 e. The Bertz CT molecular complexity index is 366. The number of carbonyl (C=O) groups excluding carboxylic acids is 1. The molecule has 82 valence electrons. The van der Waals surface area contributed by atoms with Crippen molar-refractivity contribution in [2.45, 2.75) is 24.6 Å². The molecular weight excluding hydrogens is 262 g/mol. The molecule has 2 heterocycles. The summed E-state index contributed by atoms with van der Waals surface area (Å²) >= 11 is 3.33. The van der Waals surface area contributed by atoms with Crippen LogP contribution in [0.15, 0.2) is 4.52 Å². The van der Waals surface area contributed by atoms with Gasteiger partial charge in [-0.15, -0.1) is 0 Å². The first-order valence-electron chi connectivity index (χ1n) is 4.89. The normalized spacial score (nSPS) is 21.3. The van der Waals surface area contributed by atoms with Gasteiger partial charge in [-0.05, 0) is 6.42 Å². The molecule has 1 saturated heterocycles. The highest BCUT2D eigenvalue weighted by Crippen LogP contribution is 2.18. The maximum Gasteiger partial charge on any atom is 0.236 e. The van der Waals surface area contributed by atoms with E-state index in [4.69, 9.17) is 4.52 Å². The first kappa shape index (κ1) is 10.6. The summed E-state index contributed by atoms with van der Waals surface area (Å²) in [6.07, 6.45) is 1.53. The van der Waals surface area contributed by atoms with Crippen LogP contribution in [-0.2, 0) is 11.2 Å². The topological polar surface area (TPSA) is 59.2 Å². The highest BCUT2D eigenvalue weighted by Gasteiger charge is 2.28. The van der Waals surface area contributed by atoms with E-state index in [-0.39, 0.29) is 10.7 Å². The smallest absolute Gasteiger partial charge is 0.236 e. The first-order chi connectivity index (χ1) is 7.16. The zero-order valence-electron chi connectivity index (χ0n) is 8.44. The molecule has 6 heteroatoms. The molecule has 1 aliphatic heterocycles. The molecule has 2 rings (SSSR count). The molecule has 15 heavy (non-hydrogen) atoms. The summed E-state index contributed by atoms with van der Waals surface area (Å²) in [5.74, 6) is 1.39. The van der Waals surface area contributed by atoms with Gasteiger partial charge in [-0.1, -0.05) is 21.1 Å². The molecule has 0 N–H and O–H groups in total. The number of rotatable bonds is 3. The summed E-state index contributed by atoms with van der Waals surface area (Å²) in [5, 5.41) is 3.79. The van der Waals surface area contributed by atoms with Crippen molar-refractivity contribution < 1.29 is 9.32 Å². The Labute approximate surface area is 96.0 Å². The molecule has 1 aromatic rings. The van der Waals surface area contributed by atoms with Gasteiger partial charge in [0.25, 0.3) is 0 Å². The lowest BCUT2D eigenvalue weighted by Crippen LogP contribution is -2.29. The predicted octanol–water partition coefficient (Wildman–Crippen LogP) is 0.916. The fourth-order valence-corrected chi connectivity index (χ4v) is 2.10. The number of aromatic nitrogens is 2. The van der Waals surface area contributed by atoms with Crippen molar-refractivity contribution in [2.24, 2.45) is 0 Å². The van der Waals surface area contributed by atoms with Crippen LogP contribution in [0.5, 0.6) is 0 Å². The molecule has 0 spiro atoms. The SMILES string of the molecule is Cc1nc(CCN2CCC(Br)C2=O)no1. The summed E-state index contributed by atoms with van der Waals surface area (Å²) in [6, 6.07) is 0. The number of halogens is 1. The van der Waals surface area contributed by atoms with Crippen LogP contribution in [0.2, 0.25) is 0 Å². The Hall–Kier alpha value is -0.910. The molecule has 1 unspecified atom stereocenters. The average Bonchev–Trinajstić information content (AvgIpc) is 2.74. The quantitative estimate of drug-likeness (QED) is 0.769. The highest BCUT2D eigenvalue weighted by atomic mass is 79.9. The Kier molecular flexibility index (Phi) is 3.04. The maximum absolute atomic E-state index is 11.5. The number of carbonyl (C=O) groups is 1. The number of nitrogens with zero attached hydrogens (tertiary/aromatic N) is 3. The lowest BCUT2D eigenvalue weighted by Gasteiger charge is -2.13. The molecular formula is C9H12BrN3O2. The van der Waals surface area contributed by atoms with E-state index in [1.54, 1.807) is 6.92 Å². The average molecular weight is 274 g/mol. The van der Waals surface area contributed by atoms with Crippen molar-refractivity contribution in [3.8, 4) is 0 Å². The lowest BCUT2D eigenvalue weighted by molar-refractivity contribution is -0.127. The Balaban J connectivity index is 1.86. The molecule has 1 aliphatic rings. The van der Waals surface area contributed by atoms with Gasteiger partial charge in [0.2, 0.25) is 11.8 Å². The molecule has 1 fully saturated rings. The molecule has 1 aromatic heterocycles. The lowest BCUT2D eigenvalue weighted by atomic mass is 10.4. The third kappa shape index (κ3) is 2.37. The zero-order valence-corrected chi connectivity index (χ0v) is 10.0.